The molecule has 25 heavy (non-hydrogen) atoms. The molecular weight excluding hydrogens is 349 g/mol. The number of benzene rings is 2. The van der Waals surface area contributed by atoms with Gasteiger partial charge in [-0.2, -0.15) is 0 Å². The third-order valence-electron chi connectivity index (χ3n) is 3.67. The molecule has 1 aromatic heterocycles. The van der Waals surface area contributed by atoms with Gasteiger partial charge >= 0.3 is 0 Å². The van der Waals surface area contributed by atoms with Crippen LogP contribution >= 0.6 is 11.6 Å². The first-order chi connectivity index (χ1) is 12.0. The second-order valence-corrected chi connectivity index (χ2v) is 5.88. The van der Waals surface area contributed by atoms with E-state index in [4.69, 9.17) is 16.7 Å². The highest BCUT2D eigenvalue weighted by atomic mass is 35.5. The number of nitrogens with one attached hydrogen (secondary N) is 1. The van der Waals surface area contributed by atoms with E-state index in [-0.39, 0.29) is 35.2 Å². The van der Waals surface area contributed by atoms with Crippen LogP contribution in [-0.4, -0.2) is 44.8 Å². The van der Waals surface area contributed by atoms with Crippen LogP contribution in [0.15, 0.2) is 36.4 Å². The zero-order chi connectivity index (χ0) is 18.0. The summed E-state index contributed by atoms with van der Waals surface area (Å²) in [5.74, 6) is -0.664. The van der Waals surface area contributed by atoms with Crippen LogP contribution in [0.2, 0.25) is 5.02 Å². The SMILES string of the molecule is OCC(O)CNc1nnc(-c2c(O)cc(Cl)cc2F)c2ccccc12. The Morgan fingerprint density at radius 2 is 1.88 bits per heavy atom. The average Bonchev–Trinajstić information content (AvgIpc) is 2.59. The van der Waals surface area contributed by atoms with Crippen molar-refractivity contribution in [2.24, 2.45) is 0 Å². The Balaban J connectivity index is 2.13. The number of halogens is 2. The number of hydrogen-bond donors (Lipinski definition) is 4. The van der Waals surface area contributed by atoms with Gasteiger partial charge in [0, 0.05) is 22.3 Å². The lowest BCUT2D eigenvalue weighted by atomic mass is 10.0. The molecule has 0 aliphatic carbocycles. The minimum atomic E-state index is -0.946. The van der Waals surface area contributed by atoms with Crippen molar-refractivity contribution in [3.05, 3.63) is 47.2 Å². The van der Waals surface area contributed by atoms with Crippen molar-refractivity contribution in [2.75, 3.05) is 18.5 Å². The number of aliphatic hydroxyl groups excluding tert-OH is 2. The number of aliphatic hydroxyl groups is 2. The molecule has 0 amide bonds. The van der Waals surface area contributed by atoms with Crippen LogP contribution in [0.25, 0.3) is 22.0 Å². The summed E-state index contributed by atoms with van der Waals surface area (Å²) in [6.45, 7) is -0.310. The molecule has 1 unspecified atom stereocenters. The molecule has 0 saturated heterocycles. The van der Waals surface area contributed by atoms with Crippen molar-refractivity contribution in [1.82, 2.24) is 10.2 Å². The van der Waals surface area contributed by atoms with Gasteiger partial charge in [-0.05, 0) is 12.1 Å². The van der Waals surface area contributed by atoms with E-state index in [9.17, 15) is 14.6 Å². The first-order valence-corrected chi connectivity index (χ1v) is 7.85. The fraction of sp³-hybridized carbons (Fsp3) is 0.176. The zero-order valence-corrected chi connectivity index (χ0v) is 13.7. The maximum absolute atomic E-state index is 14.3. The van der Waals surface area contributed by atoms with E-state index in [2.05, 4.69) is 15.5 Å². The van der Waals surface area contributed by atoms with Crippen molar-refractivity contribution < 1.29 is 19.7 Å². The normalized spacial score (nSPS) is 12.3. The topological polar surface area (TPSA) is 98.5 Å². The van der Waals surface area contributed by atoms with Crippen LogP contribution in [0.4, 0.5) is 10.2 Å². The number of anilines is 1. The summed E-state index contributed by atoms with van der Waals surface area (Å²) in [5, 5.41) is 40.7. The Morgan fingerprint density at radius 1 is 1.16 bits per heavy atom. The van der Waals surface area contributed by atoms with E-state index in [1.165, 1.54) is 6.07 Å². The molecule has 8 heteroatoms. The molecular formula is C17H15ClFN3O3. The summed E-state index contributed by atoms with van der Waals surface area (Å²) in [6, 6.07) is 9.34. The number of rotatable bonds is 5. The molecule has 130 valence electrons. The zero-order valence-electron chi connectivity index (χ0n) is 12.9. The Labute approximate surface area is 147 Å². The molecule has 0 fully saturated rings. The minimum Gasteiger partial charge on any atom is -0.507 e. The first-order valence-electron chi connectivity index (χ1n) is 7.48. The molecule has 6 nitrogen and oxygen atoms in total. The van der Waals surface area contributed by atoms with Crippen LogP contribution in [-0.2, 0) is 0 Å². The van der Waals surface area contributed by atoms with Crippen molar-refractivity contribution >= 4 is 28.2 Å². The molecule has 3 aromatic rings. The number of aromatic nitrogens is 2. The average molecular weight is 364 g/mol. The van der Waals surface area contributed by atoms with Gasteiger partial charge in [-0.25, -0.2) is 4.39 Å². The van der Waals surface area contributed by atoms with Gasteiger partial charge in [0.1, 0.15) is 17.3 Å². The molecule has 2 aromatic carbocycles. The Morgan fingerprint density at radius 3 is 2.56 bits per heavy atom. The quantitative estimate of drug-likeness (QED) is 0.556. The van der Waals surface area contributed by atoms with Crippen molar-refractivity contribution in [3.63, 3.8) is 0 Å². The van der Waals surface area contributed by atoms with Crippen LogP contribution < -0.4 is 5.32 Å². The summed E-state index contributed by atoms with van der Waals surface area (Å²) < 4.78 is 14.3. The third-order valence-corrected chi connectivity index (χ3v) is 3.89. The maximum Gasteiger partial charge on any atom is 0.156 e. The predicted octanol–water partition coefficient (Wildman–Crippen LogP) is 2.56. The second-order valence-electron chi connectivity index (χ2n) is 5.44. The molecule has 0 radical (unpaired) electrons. The second kappa shape index (κ2) is 7.18. The van der Waals surface area contributed by atoms with Crippen LogP contribution in [0.3, 0.4) is 0 Å². The summed E-state index contributed by atoms with van der Waals surface area (Å²) in [7, 11) is 0. The van der Waals surface area contributed by atoms with Gasteiger partial charge in [0.15, 0.2) is 5.82 Å². The number of aromatic hydroxyl groups is 1. The highest BCUT2D eigenvalue weighted by molar-refractivity contribution is 6.30. The highest BCUT2D eigenvalue weighted by Gasteiger charge is 2.18. The monoisotopic (exact) mass is 363 g/mol. The van der Waals surface area contributed by atoms with E-state index < -0.39 is 11.9 Å². The highest BCUT2D eigenvalue weighted by Crippen LogP contribution is 2.37. The summed E-state index contributed by atoms with van der Waals surface area (Å²) in [4.78, 5) is 0. The van der Waals surface area contributed by atoms with Gasteiger partial charge in [0.2, 0.25) is 0 Å². The summed E-state index contributed by atoms with van der Waals surface area (Å²) in [6.07, 6.45) is -0.946. The van der Waals surface area contributed by atoms with Crippen LogP contribution in [0.5, 0.6) is 5.75 Å². The van der Waals surface area contributed by atoms with Gasteiger partial charge in [0.05, 0.1) is 18.3 Å². The number of hydrogen-bond acceptors (Lipinski definition) is 6. The number of phenols is 1. The van der Waals surface area contributed by atoms with E-state index >= 15 is 0 Å². The smallest absolute Gasteiger partial charge is 0.156 e. The van der Waals surface area contributed by atoms with Gasteiger partial charge in [0.25, 0.3) is 0 Å². The van der Waals surface area contributed by atoms with E-state index in [1.807, 2.05) is 0 Å². The van der Waals surface area contributed by atoms with E-state index in [0.717, 1.165) is 6.07 Å². The third kappa shape index (κ3) is 3.48. The van der Waals surface area contributed by atoms with Crippen LogP contribution in [0.1, 0.15) is 0 Å². The van der Waals surface area contributed by atoms with Gasteiger partial charge in [-0.1, -0.05) is 35.9 Å². The molecule has 1 atom stereocenters. The van der Waals surface area contributed by atoms with E-state index in [0.29, 0.717) is 16.6 Å². The predicted molar refractivity (Wildman–Crippen MR) is 93.2 cm³/mol. The Bertz CT molecular complexity index is 900. The lowest BCUT2D eigenvalue weighted by Crippen LogP contribution is -2.23. The van der Waals surface area contributed by atoms with Crippen molar-refractivity contribution in [3.8, 4) is 17.0 Å². The molecule has 0 aliphatic rings. The molecule has 4 N–H and O–H groups in total. The molecule has 1 heterocycles. The maximum atomic E-state index is 14.3. The summed E-state index contributed by atoms with van der Waals surface area (Å²) in [5.41, 5.74) is 0.0885. The molecule has 3 rings (SSSR count). The fourth-order valence-electron chi connectivity index (χ4n) is 2.49. The van der Waals surface area contributed by atoms with Gasteiger partial charge in [-0.3, -0.25) is 0 Å². The molecule has 0 saturated carbocycles. The molecule has 0 spiro atoms. The van der Waals surface area contributed by atoms with Crippen LogP contribution in [0, 0.1) is 5.82 Å². The van der Waals surface area contributed by atoms with E-state index in [1.54, 1.807) is 24.3 Å². The molecule has 0 aliphatic heterocycles. The Hall–Kier alpha value is -2.48. The number of nitrogens with zero attached hydrogens (tertiary/aromatic N) is 2. The van der Waals surface area contributed by atoms with Gasteiger partial charge < -0.3 is 20.6 Å². The van der Waals surface area contributed by atoms with Crippen molar-refractivity contribution in [2.45, 2.75) is 6.10 Å². The Kier molecular flexibility index (Phi) is 4.98. The first kappa shape index (κ1) is 17.3. The minimum absolute atomic E-state index is 0.0762. The van der Waals surface area contributed by atoms with Gasteiger partial charge in [-0.15, -0.1) is 10.2 Å². The largest absolute Gasteiger partial charge is 0.507 e. The summed E-state index contributed by atoms with van der Waals surface area (Å²) >= 11 is 5.75. The lowest BCUT2D eigenvalue weighted by molar-refractivity contribution is 0.105. The van der Waals surface area contributed by atoms with Crippen molar-refractivity contribution in [1.29, 1.82) is 0 Å². The fourth-order valence-corrected chi connectivity index (χ4v) is 2.69. The number of fused-ring (bicyclic) bond motifs is 1. The lowest BCUT2D eigenvalue weighted by Gasteiger charge is -2.14. The number of phenolic OH excluding ortho intramolecular Hbond substituents is 1. The molecule has 0 bridgehead atoms. The standard InChI is InChI=1S/C17H15ClFN3O3/c18-9-5-13(19)15(14(25)6-9)16-11-3-1-2-4-12(11)17(22-21-16)20-7-10(24)8-23/h1-6,10,23-25H,7-8H2,(H,20,22).